The maximum absolute atomic E-state index is 2.49. The maximum Gasteiger partial charge on any atom is -0.000710 e. The minimum Gasteiger partial charge on any atom is -0.0558 e. The fourth-order valence-corrected chi connectivity index (χ4v) is 6.15. The van der Waals surface area contributed by atoms with E-state index in [1.54, 1.807) is 0 Å². The van der Waals surface area contributed by atoms with E-state index in [1.807, 2.05) is 0 Å². The highest BCUT2D eigenvalue weighted by Crippen LogP contribution is 2.47. The van der Waals surface area contributed by atoms with Gasteiger partial charge in [0.15, 0.2) is 0 Å². The quantitative estimate of drug-likeness (QED) is 0.397. The van der Waals surface area contributed by atoms with Crippen molar-refractivity contribution in [2.75, 3.05) is 0 Å². The zero-order valence-corrected chi connectivity index (χ0v) is 21.2. The summed E-state index contributed by atoms with van der Waals surface area (Å²) in [6, 6.07) is 14.0. The van der Waals surface area contributed by atoms with Crippen molar-refractivity contribution < 1.29 is 0 Å². The van der Waals surface area contributed by atoms with E-state index in [4.69, 9.17) is 0 Å². The molecular formula is C32H36. The molecule has 0 spiro atoms. The van der Waals surface area contributed by atoms with Crippen LogP contribution in [0.2, 0.25) is 0 Å². The van der Waals surface area contributed by atoms with Gasteiger partial charge in [0.2, 0.25) is 0 Å². The fourth-order valence-electron chi connectivity index (χ4n) is 6.15. The van der Waals surface area contributed by atoms with Gasteiger partial charge in [0.1, 0.15) is 0 Å². The van der Waals surface area contributed by atoms with Gasteiger partial charge in [-0.1, -0.05) is 53.1 Å². The number of rotatable bonds is 3. The third-order valence-corrected chi connectivity index (χ3v) is 6.93. The van der Waals surface area contributed by atoms with Gasteiger partial charge in [0, 0.05) is 0 Å². The molecule has 0 atom stereocenters. The van der Waals surface area contributed by atoms with Gasteiger partial charge in [-0.05, 0) is 142 Å². The van der Waals surface area contributed by atoms with Crippen molar-refractivity contribution in [3.8, 4) is 0 Å². The van der Waals surface area contributed by atoms with Gasteiger partial charge in [0.25, 0.3) is 0 Å². The van der Waals surface area contributed by atoms with Crippen molar-refractivity contribution in [2.24, 2.45) is 0 Å². The molecule has 0 bridgehead atoms. The first-order valence-corrected chi connectivity index (χ1v) is 11.7. The van der Waals surface area contributed by atoms with Gasteiger partial charge in [0.05, 0.1) is 0 Å². The van der Waals surface area contributed by atoms with Crippen LogP contribution < -0.4 is 0 Å². The molecule has 0 aliphatic heterocycles. The highest BCUT2D eigenvalue weighted by molar-refractivity contribution is 6.09. The summed E-state index contributed by atoms with van der Waals surface area (Å²) in [6.07, 6.45) is 3.47. The van der Waals surface area contributed by atoms with E-state index < -0.39 is 0 Å². The molecule has 0 fully saturated rings. The first-order chi connectivity index (χ1) is 15.1. The van der Waals surface area contributed by atoms with E-state index in [0.29, 0.717) is 0 Å². The van der Waals surface area contributed by atoms with E-state index >= 15 is 0 Å². The van der Waals surface area contributed by atoms with Gasteiger partial charge in [-0.2, -0.15) is 0 Å². The smallest absolute Gasteiger partial charge is 0.000710 e. The lowest BCUT2D eigenvalue weighted by Gasteiger charge is -2.18. The summed E-state index contributed by atoms with van der Waals surface area (Å²) in [7, 11) is 0. The van der Waals surface area contributed by atoms with E-state index in [0.717, 1.165) is 6.42 Å². The predicted molar refractivity (Wildman–Crippen MR) is 141 cm³/mol. The molecule has 0 saturated heterocycles. The van der Waals surface area contributed by atoms with Crippen LogP contribution in [0.15, 0.2) is 42.5 Å². The monoisotopic (exact) mass is 420 g/mol. The Morgan fingerprint density at radius 2 is 0.781 bits per heavy atom. The summed E-state index contributed by atoms with van der Waals surface area (Å²) < 4.78 is 0. The Bertz CT molecular complexity index is 1240. The Morgan fingerprint density at radius 3 is 1.19 bits per heavy atom. The molecule has 0 N–H and O–H groups in total. The second-order valence-electron chi connectivity index (χ2n) is 10.1. The normalized spacial score (nSPS) is 13.7. The van der Waals surface area contributed by atoms with Crippen LogP contribution in [0.1, 0.15) is 73.2 Å². The molecule has 1 aliphatic carbocycles. The molecular weight excluding hydrogens is 384 g/mol. The molecule has 0 nitrogen and oxygen atoms in total. The molecule has 3 aromatic rings. The van der Waals surface area contributed by atoms with Crippen LogP contribution in [-0.4, -0.2) is 0 Å². The average molecular weight is 421 g/mol. The minimum absolute atomic E-state index is 0.984. The summed E-state index contributed by atoms with van der Waals surface area (Å²) in [5, 5.41) is 0. The van der Waals surface area contributed by atoms with Crippen molar-refractivity contribution in [3.63, 3.8) is 0 Å². The fraction of sp³-hybridized carbons (Fsp3) is 0.312. The Morgan fingerprint density at radius 1 is 0.438 bits per heavy atom. The summed E-state index contributed by atoms with van der Waals surface area (Å²) in [5.41, 5.74) is 20.9. The maximum atomic E-state index is 2.49. The Kier molecular flexibility index (Phi) is 5.76. The van der Waals surface area contributed by atoms with Crippen LogP contribution in [0.5, 0.6) is 0 Å². The highest BCUT2D eigenvalue weighted by Gasteiger charge is 2.25. The number of aryl methyl sites for hydroxylation is 9. The van der Waals surface area contributed by atoms with Crippen LogP contribution in [-0.2, 0) is 0 Å². The number of benzene rings is 3. The average Bonchev–Trinajstić information content (AvgIpc) is 3.03. The second-order valence-corrected chi connectivity index (χ2v) is 10.1. The molecule has 0 heterocycles. The largest absolute Gasteiger partial charge is 0.0558 e. The first kappa shape index (κ1) is 22.3. The summed E-state index contributed by atoms with van der Waals surface area (Å²) >= 11 is 0. The lowest BCUT2D eigenvalue weighted by molar-refractivity contribution is 1.24. The lowest BCUT2D eigenvalue weighted by Crippen LogP contribution is -1.99. The Labute approximate surface area is 194 Å². The molecule has 0 amide bonds. The Hall–Kier alpha value is -2.86. The first-order valence-electron chi connectivity index (χ1n) is 11.7. The van der Waals surface area contributed by atoms with Crippen LogP contribution in [0, 0.1) is 62.3 Å². The number of hydrogen-bond acceptors (Lipinski definition) is 0. The molecule has 0 saturated carbocycles. The zero-order chi connectivity index (χ0) is 23.3. The summed E-state index contributed by atoms with van der Waals surface area (Å²) in [6.45, 7) is 20.2. The molecule has 164 valence electrons. The van der Waals surface area contributed by atoms with Crippen LogP contribution >= 0.6 is 0 Å². The van der Waals surface area contributed by atoms with Crippen LogP contribution in [0.3, 0.4) is 0 Å². The van der Waals surface area contributed by atoms with E-state index in [9.17, 15) is 0 Å². The minimum atomic E-state index is 0.984. The molecule has 0 heteroatoms. The number of hydrogen-bond donors (Lipinski definition) is 0. The van der Waals surface area contributed by atoms with Gasteiger partial charge < -0.3 is 0 Å². The Balaban J connectivity index is 2.00. The lowest BCUT2D eigenvalue weighted by atomic mass is 9.86. The molecule has 0 aromatic heterocycles. The predicted octanol–water partition coefficient (Wildman–Crippen LogP) is 8.86. The summed E-state index contributed by atoms with van der Waals surface area (Å²) in [5.74, 6) is 0. The highest BCUT2D eigenvalue weighted by atomic mass is 14.3. The third kappa shape index (κ3) is 3.88. The zero-order valence-electron chi connectivity index (χ0n) is 21.2. The van der Waals surface area contributed by atoms with E-state index in [2.05, 4.69) is 105 Å². The van der Waals surface area contributed by atoms with E-state index in [-0.39, 0.29) is 0 Å². The van der Waals surface area contributed by atoms with Crippen LogP contribution in [0.25, 0.3) is 16.7 Å². The van der Waals surface area contributed by atoms with Gasteiger partial charge in [-0.15, -0.1) is 0 Å². The molecule has 0 unspecified atom stereocenters. The van der Waals surface area contributed by atoms with Crippen molar-refractivity contribution in [3.05, 3.63) is 109 Å². The standard InChI is InChI=1S/C32H36/c1-18-10-21(4)30(22(5)11-18)27-16-28(31-23(6)12-19(2)13-24(31)7)29(17-27)32-25(8)14-20(3)15-26(32)9/h10-16H,17H2,1-9H3. The summed E-state index contributed by atoms with van der Waals surface area (Å²) in [4.78, 5) is 0. The van der Waals surface area contributed by atoms with Crippen molar-refractivity contribution in [2.45, 2.75) is 68.7 Å². The molecule has 3 aromatic carbocycles. The van der Waals surface area contributed by atoms with Gasteiger partial charge >= 0.3 is 0 Å². The molecule has 32 heavy (non-hydrogen) atoms. The molecule has 1 aliphatic rings. The molecule has 0 radical (unpaired) electrons. The van der Waals surface area contributed by atoms with Crippen molar-refractivity contribution >= 4 is 16.7 Å². The SMILES string of the molecule is Cc1cc(C)c(C2=CC(c3c(C)cc(C)cc3C)=C(c3c(C)cc(C)cc3C)C2)c(C)c1. The molecule has 4 rings (SSSR count). The van der Waals surface area contributed by atoms with Crippen LogP contribution in [0.4, 0.5) is 0 Å². The van der Waals surface area contributed by atoms with Crippen molar-refractivity contribution in [1.82, 2.24) is 0 Å². The van der Waals surface area contributed by atoms with E-state index in [1.165, 1.54) is 83.5 Å². The third-order valence-electron chi connectivity index (χ3n) is 6.93. The van der Waals surface area contributed by atoms with Crippen molar-refractivity contribution in [1.29, 1.82) is 0 Å². The van der Waals surface area contributed by atoms with Gasteiger partial charge in [-0.25, -0.2) is 0 Å². The topological polar surface area (TPSA) is 0 Å². The number of allylic oxidation sites excluding steroid dienone is 4. The van der Waals surface area contributed by atoms with Gasteiger partial charge in [-0.3, -0.25) is 0 Å². The second kappa shape index (κ2) is 8.24.